The summed E-state index contributed by atoms with van der Waals surface area (Å²) in [5, 5.41) is 0.764. The summed E-state index contributed by atoms with van der Waals surface area (Å²) in [6, 6.07) is 7.97. The molecule has 2 aromatic rings. The maximum Gasteiger partial charge on any atom is 0.232 e. The van der Waals surface area contributed by atoms with Crippen molar-refractivity contribution in [3.05, 3.63) is 46.2 Å². The van der Waals surface area contributed by atoms with Crippen molar-refractivity contribution in [2.24, 2.45) is 0 Å². The van der Waals surface area contributed by atoms with Gasteiger partial charge >= 0.3 is 0 Å². The van der Waals surface area contributed by atoms with Crippen LogP contribution in [0, 0.1) is 6.92 Å². The first-order valence-electron chi connectivity index (χ1n) is 8.22. The van der Waals surface area contributed by atoms with E-state index in [9.17, 15) is 4.79 Å². The van der Waals surface area contributed by atoms with Crippen LogP contribution in [0.4, 0.5) is 0 Å². The lowest BCUT2D eigenvalue weighted by Gasteiger charge is -2.34. The number of aryl methyl sites for hydroxylation is 1. The monoisotopic (exact) mass is 396 g/mol. The Morgan fingerprint density at radius 3 is 2.56 bits per heavy atom. The van der Waals surface area contributed by atoms with Gasteiger partial charge in [-0.1, -0.05) is 23.7 Å². The molecular weight excluding hydrogens is 376 g/mol. The van der Waals surface area contributed by atoms with Crippen LogP contribution in [0.1, 0.15) is 17.0 Å². The molecule has 0 atom stereocenters. The molecule has 0 spiro atoms. The Kier molecular flexibility index (Phi) is 6.70. The molecule has 0 aliphatic carbocycles. The standard InChI is InChI=1S/C17H21ClN4OS2/c1-13-16(20-25-19-13)11-24-12-17(23)22-8-6-21(7-9-22)10-14-2-4-15(18)5-3-14/h2-5H,6-12H2,1H3. The van der Waals surface area contributed by atoms with Crippen molar-refractivity contribution >= 4 is 41.0 Å². The molecule has 1 aromatic carbocycles. The zero-order valence-corrected chi connectivity index (χ0v) is 16.5. The Hall–Kier alpha value is -1.15. The van der Waals surface area contributed by atoms with Crippen LogP contribution in [-0.4, -0.2) is 56.4 Å². The number of piperazine rings is 1. The third-order valence-corrected chi connectivity index (χ3v) is 6.09. The van der Waals surface area contributed by atoms with E-state index in [1.54, 1.807) is 11.8 Å². The van der Waals surface area contributed by atoms with Crippen LogP contribution in [0.2, 0.25) is 5.02 Å². The van der Waals surface area contributed by atoms with Crippen LogP contribution in [0.15, 0.2) is 24.3 Å². The van der Waals surface area contributed by atoms with Crippen LogP contribution >= 0.6 is 35.1 Å². The van der Waals surface area contributed by atoms with Crippen molar-refractivity contribution in [2.45, 2.75) is 19.2 Å². The highest BCUT2D eigenvalue weighted by Crippen LogP contribution is 2.16. The third-order valence-electron chi connectivity index (χ3n) is 4.26. The van der Waals surface area contributed by atoms with Gasteiger partial charge < -0.3 is 4.90 Å². The first-order valence-corrected chi connectivity index (χ1v) is 10.5. The molecular formula is C17H21ClN4OS2. The number of benzene rings is 1. The molecule has 5 nitrogen and oxygen atoms in total. The van der Waals surface area contributed by atoms with Crippen LogP contribution < -0.4 is 0 Å². The summed E-state index contributed by atoms with van der Waals surface area (Å²) in [6.07, 6.45) is 0. The smallest absolute Gasteiger partial charge is 0.232 e. The fourth-order valence-corrected chi connectivity index (χ4v) is 4.41. The van der Waals surface area contributed by atoms with E-state index in [4.69, 9.17) is 11.6 Å². The summed E-state index contributed by atoms with van der Waals surface area (Å²) in [5.74, 6) is 1.48. The van der Waals surface area contributed by atoms with E-state index in [1.807, 2.05) is 24.0 Å². The van der Waals surface area contributed by atoms with E-state index in [0.29, 0.717) is 5.75 Å². The summed E-state index contributed by atoms with van der Waals surface area (Å²) in [6.45, 7) is 6.28. The molecule has 0 radical (unpaired) electrons. The number of hydrogen-bond acceptors (Lipinski definition) is 6. The quantitative estimate of drug-likeness (QED) is 0.751. The molecule has 1 fully saturated rings. The highest BCUT2D eigenvalue weighted by Gasteiger charge is 2.21. The zero-order valence-electron chi connectivity index (χ0n) is 14.2. The second-order valence-corrected chi connectivity index (χ2v) is 8.02. The maximum absolute atomic E-state index is 12.4. The Morgan fingerprint density at radius 2 is 1.92 bits per heavy atom. The molecule has 0 unspecified atom stereocenters. The van der Waals surface area contributed by atoms with Gasteiger partial charge in [0.25, 0.3) is 0 Å². The van der Waals surface area contributed by atoms with Crippen LogP contribution in [0.3, 0.4) is 0 Å². The normalized spacial score (nSPS) is 15.5. The zero-order chi connectivity index (χ0) is 17.6. The van der Waals surface area contributed by atoms with Crippen LogP contribution in [0.25, 0.3) is 0 Å². The fourth-order valence-electron chi connectivity index (χ4n) is 2.71. The average Bonchev–Trinajstić information content (AvgIpc) is 3.02. The topological polar surface area (TPSA) is 49.3 Å². The molecule has 0 bridgehead atoms. The van der Waals surface area contributed by atoms with E-state index in [0.717, 1.165) is 54.9 Å². The number of carbonyl (C=O) groups excluding carboxylic acids is 1. The van der Waals surface area contributed by atoms with Crippen LogP contribution in [-0.2, 0) is 17.1 Å². The first-order chi connectivity index (χ1) is 12.1. The van der Waals surface area contributed by atoms with Crippen LogP contribution in [0.5, 0.6) is 0 Å². The van der Waals surface area contributed by atoms with E-state index < -0.39 is 0 Å². The van der Waals surface area contributed by atoms with E-state index in [2.05, 4.69) is 25.8 Å². The second kappa shape index (κ2) is 8.98. The Morgan fingerprint density at radius 1 is 1.20 bits per heavy atom. The van der Waals surface area contributed by atoms with Gasteiger partial charge in [0, 0.05) is 43.5 Å². The number of nitrogens with zero attached hydrogens (tertiary/aromatic N) is 4. The van der Waals surface area contributed by atoms with Gasteiger partial charge in [0.15, 0.2) is 0 Å². The van der Waals surface area contributed by atoms with Gasteiger partial charge in [-0.3, -0.25) is 9.69 Å². The molecule has 134 valence electrons. The molecule has 3 rings (SSSR count). The molecule has 1 aliphatic rings. The van der Waals surface area contributed by atoms with Crippen molar-refractivity contribution in [3.63, 3.8) is 0 Å². The van der Waals surface area contributed by atoms with E-state index in [-0.39, 0.29) is 5.91 Å². The minimum absolute atomic E-state index is 0.219. The molecule has 1 aliphatic heterocycles. The fraction of sp³-hybridized carbons (Fsp3) is 0.471. The minimum atomic E-state index is 0.219. The van der Waals surface area contributed by atoms with Gasteiger partial charge in [0.1, 0.15) is 0 Å². The second-order valence-electron chi connectivity index (χ2n) is 6.07. The number of amides is 1. The van der Waals surface area contributed by atoms with Crippen molar-refractivity contribution in [1.82, 2.24) is 18.5 Å². The Labute approximate surface area is 161 Å². The van der Waals surface area contributed by atoms with Gasteiger partial charge in [-0.25, -0.2) is 0 Å². The largest absolute Gasteiger partial charge is 0.339 e. The summed E-state index contributed by atoms with van der Waals surface area (Å²) in [4.78, 5) is 16.7. The van der Waals surface area contributed by atoms with Crippen molar-refractivity contribution < 1.29 is 4.79 Å². The highest BCUT2D eigenvalue weighted by molar-refractivity contribution is 7.99. The molecule has 1 amide bonds. The number of hydrogen-bond donors (Lipinski definition) is 0. The van der Waals surface area contributed by atoms with Gasteiger partial charge in [-0.05, 0) is 24.6 Å². The Balaban J connectivity index is 1.38. The van der Waals surface area contributed by atoms with Gasteiger partial charge in [-0.15, -0.1) is 11.8 Å². The molecule has 0 N–H and O–H groups in total. The van der Waals surface area contributed by atoms with Gasteiger partial charge in [0.2, 0.25) is 5.91 Å². The van der Waals surface area contributed by atoms with Gasteiger partial charge in [0.05, 0.1) is 28.9 Å². The predicted molar refractivity (Wildman–Crippen MR) is 104 cm³/mol. The van der Waals surface area contributed by atoms with Crippen molar-refractivity contribution in [2.75, 3.05) is 31.9 Å². The minimum Gasteiger partial charge on any atom is -0.339 e. The lowest BCUT2D eigenvalue weighted by molar-refractivity contribution is -0.130. The summed E-state index contributed by atoms with van der Waals surface area (Å²) >= 11 is 8.78. The molecule has 8 heteroatoms. The Bertz CT molecular complexity index is 699. The first kappa shape index (κ1) is 18.6. The van der Waals surface area contributed by atoms with E-state index >= 15 is 0 Å². The predicted octanol–water partition coefficient (Wildman–Crippen LogP) is 3.08. The number of halogens is 1. The molecule has 0 saturated carbocycles. The molecule has 25 heavy (non-hydrogen) atoms. The average molecular weight is 397 g/mol. The van der Waals surface area contributed by atoms with Gasteiger partial charge in [-0.2, -0.15) is 8.75 Å². The summed E-state index contributed by atoms with van der Waals surface area (Å²) < 4.78 is 8.41. The SMILES string of the molecule is Cc1nsnc1CSCC(=O)N1CCN(Cc2ccc(Cl)cc2)CC1. The lowest BCUT2D eigenvalue weighted by atomic mass is 10.2. The number of carbonyl (C=O) groups is 1. The van der Waals surface area contributed by atoms with E-state index in [1.165, 1.54) is 17.3 Å². The number of aromatic nitrogens is 2. The number of thioether (sulfide) groups is 1. The molecule has 1 aromatic heterocycles. The third kappa shape index (κ3) is 5.41. The summed E-state index contributed by atoms with van der Waals surface area (Å²) in [5.41, 5.74) is 3.23. The molecule has 2 heterocycles. The van der Waals surface area contributed by atoms with Crippen molar-refractivity contribution in [1.29, 1.82) is 0 Å². The highest BCUT2D eigenvalue weighted by atomic mass is 35.5. The lowest BCUT2D eigenvalue weighted by Crippen LogP contribution is -2.48. The maximum atomic E-state index is 12.4. The molecule has 1 saturated heterocycles. The number of rotatable bonds is 6. The van der Waals surface area contributed by atoms with Crippen molar-refractivity contribution in [3.8, 4) is 0 Å². The summed E-state index contributed by atoms with van der Waals surface area (Å²) in [7, 11) is 0.